The van der Waals surface area contributed by atoms with Gasteiger partial charge in [-0.05, 0) is 30.3 Å². The summed E-state index contributed by atoms with van der Waals surface area (Å²) in [5, 5.41) is 3.07. The molecule has 0 aliphatic carbocycles. The van der Waals surface area contributed by atoms with Crippen molar-refractivity contribution in [3.05, 3.63) is 60.2 Å². The number of hydrogen-bond acceptors (Lipinski definition) is 3. The molecule has 0 heterocycles. The summed E-state index contributed by atoms with van der Waals surface area (Å²) in [6.45, 7) is 0.339. The Kier molecular flexibility index (Phi) is 4.44. The fourth-order valence-corrected chi connectivity index (χ4v) is 2.97. The third kappa shape index (κ3) is 3.62. The van der Waals surface area contributed by atoms with E-state index in [1.54, 1.807) is 30.3 Å². The molecule has 0 radical (unpaired) electrons. The summed E-state index contributed by atoms with van der Waals surface area (Å²) in [6.07, 6.45) is 5.32. The Morgan fingerprint density at radius 2 is 1.80 bits per heavy atom. The lowest BCUT2D eigenvalue weighted by Crippen LogP contribution is -2.15. The second kappa shape index (κ2) is 6.27. The van der Waals surface area contributed by atoms with E-state index in [0.29, 0.717) is 11.4 Å². The van der Waals surface area contributed by atoms with E-state index in [1.165, 1.54) is 0 Å². The van der Waals surface area contributed by atoms with Crippen LogP contribution in [-0.4, -0.2) is 20.7 Å². The second-order valence-electron chi connectivity index (χ2n) is 4.28. The van der Waals surface area contributed by atoms with E-state index >= 15 is 0 Å². The molecule has 20 heavy (non-hydrogen) atoms. The van der Waals surface area contributed by atoms with Crippen molar-refractivity contribution in [3.8, 4) is 12.3 Å². The van der Waals surface area contributed by atoms with Gasteiger partial charge in [-0.15, -0.1) is 6.42 Å². The maximum atomic E-state index is 12.1. The lowest BCUT2D eigenvalue weighted by atomic mass is 10.2. The maximum Gasteiger partial charge on any atom is 0.180 e. The molecule has 0 aliphatic heterocycles. The van der Waals surface area contributed by atoms with Crippen LogP contribution in [0.1, 0.15) is 5.56 Å². The van der Waals surface area contributed by atoms with Crippen LogP contribution in [0.4, 0.5) is 5.69 Å². The van der Waals surface area contributed by atoms with Crippen LogP contribution >= 0.6 is 0 Å². The first-order valence-corrected chi connectivity index (χ1v) is 7.85. The molecule has 0 unspecified atom stereocenters. The quantitative estimate of drug-likeness (QED) is 0.859. The van der Waals surface area contributed by atoms with Gasteiger partial charge in [0.15, 0.2) is 9.84 Å². The van der Waals surface area contributed by atoms with E-state index in [-0.39, 0.29) is 5.75 Å². The van der Waals surface area contributed by atoms with Crippen LogP contribution in [0.2, 0.25) is 0 Å². The van der Waals surface area contributed by atoms with Crippen molar-refractivity contribution in [2.45, 2.75) is 4.90 Å². The topological polar surface area (TPSA) is 46.2 Å². The molecular weight excluding hydrogens is 270 g/mol. The van der Waals surface area contributed by atoms with Crippen molar-refractivity contribution in [1.82, 2.24) is 0 Å². The summed E-state index contributed by atoms with van der Waals surface area (Å²) in [5.74, 6) is 2.58. The van der Waals surface area contributed by atoms with Crippen molar-refractivity contribution < 1.29 is 8.42 Å². The number of benzene rings is 2. The summed E-state index contributed by atoms with van der Waals surface area (Å²) in [6, 6.07) is 15.8. The zero-order chi connectivity index (χ0) is 14.4. The van der Waals surface area contributed by atoms with E-state index in [0.717, 1.165) is 11.3 Å². The van der Waals surface area contributed by atoms with Gasteiger partial charge in [0.05, 0.1) is 10.6 Å². The van der Waals surface area contributed by atoms with Crippen LogP contribution < -0.4 is 5.32 Å². The highest BCUT2D eigenvalue weighted by molar-refractivity contribution is 7.91. The van der Waals surface area contributed by atoms with Crippen molar-refractivity contribution >= 4 is 15.5 Å². The minimum atomic E-state index is -3.25. The minimum Gasteiger partial charge on any atom is -0.384 e. The van der Waals surface area contributed by atoms with Crippen molar-refractivity contribution in [2.24, 2.45) is 0 Å². The number of sulfone groups is 1. The number of rotatable bonds is 5. The van der Waals surface area contributed by atoms with Crippen LogP contribution in [0.5, 0.6) is 0 Å². The summed E-state index contributed by atoms with van der Waals surface area (Å²) >= 11 is 0. The highest BCUT2D eigenvalue weighted by Gasteiger charge is 2.12. The van der Waals surface area contributed by atoms with Crippen LogP contribution in [0.15, 0.2) is 59.5 Å². The van der Waals surface area contributed by atoms with Gasteiger partial charge in [0.25, 0.3) is 0 Å². The zero-order valence-corrected chi connectivity index (χ0v) is 11.7. The number of nitrogens with one attached hydrogen (secondary N) is 1. The Bertz CT molecular complexity index is 716. The van der Waals surface area contributed by atoms with E-state index in [2.05, 4.69) is 11.2 Å². The Morgan fingerprint density at radius 3 is 2.50 bits per heavy atom. The van der Waals surface area contributed by atoms with Gasteiger partial charge >= 0.3 is 0 Å². The van der Waals surface area contributed by atoms with Crippen molar-refractivity contribution in [3.63, 3.8) is 0 Å². The zero-order valence-electron chi connectivity index (χ0n) is 10.9. The van der Waals surface area contributed by atoms with Crippen LogP contribution in [0.3, 0.4) is 0 Å². The predicted octanol–water partition coefficient (Wildman–Crippen LogP) is 2.55. The summed E-state index contributed by atoms with van der Waals surface area (Å²) in [7, 11) is -3.25. The van der Waals surface area contributed by atoms with Crippen LogP contribution in [-0.2, 0) is 9.84 Å². The predicted molar refractivity (Wildman–Crippen MR) is 81.4 cm³/mol. The van der Waals surface area contributed by atoms with E-state index in [1.807, 2.05) is 24.3 Å². The summed E-state index contributed by atoms with van der Waals surface area (Å²) in [5.41, 5.74) is 1.59. The Hall–Kier alpha value is -2.25. The lowest BCUT2D eigenvalue weighted by Gasteiger charge is -2.08. The molecule has 2 aromatic rings. The number of terminal acetylenes is 1. The lowest BCUT2D eigenvalue weighted by molar-refractivity contribution is 0.596. The molecule has 3 nitrogen and oxygen atoms in total. The molecule has 0 saturated heterocycles. The molecule has 0 fully saturated rings. The van der Waals surface area contributed by atoms with Crippen molar-refractivity contribution in [1.29, 1.82) is 0 Å². The molecule has 4 heteroatoms. The average Bonchev–Trinajstić information content (AvgIpc) is 2.48. The van der Waals surface area contributed by atoms with Gasteiger partial charge in [0, 0.05) is 17.8 Å². The molecule has 0 aliphatic rings. The third-order valence-corrected chi connectivity index (χ3v) is 4.56. The molecule has 0 bridgehead atoms. The highest BCUT2D eigenvalue weighted by atomic mass is 32.2. The average molecular weight is 285 g/mol. The van der Waals surface area contributed by atoms with E-state index in [9.17, 15) is 8.42 Å². The first kappa shape index (κ1) is 14.2. The Balaban J connectivity index is 1.98. The maximum absolute atomic E-state index is 12.1. The first-order valence-electron chi connectivity index (χ1n) is 6.20. The highest BCUT2D eigenvalue weighted by Crippen LogP contribution is 2.12. The second-order valence-corrected chi connectivity index (χ2v) is 6.39. The molecule has 102 valence electrons. The monoisotopic (exact) mass is 285 g/mol. The molecule has 1 N–H and O–H groups in total. The standard InChI is InChI=1S/C16H15NO2S/c1-2-14-7-6-8-15(13-14)17-11-12-20(18,19)16-9-4-3-5-10-16/h1,3-10,13,17H,11-12H2. The molecule has 0 aromatic heterocycles. The van der Waals surface area contributed by atoms with Gasteiger partial charge in [0.2, 0.25) is 0 Å². The van der Waals surface area contributed by atoms with Crippen LogP contribution in [0.25, 0.3) is 0 Å². The van der Waals surface area contributed by atoms with Crippen molar-refractivity contribution in [2.75, 3.05) is 17.6 Å². The molecular formula is C16H15NO2S. The smallest absolute Gasteiger partial charge is 0.180 e. The SMILES string of the molecule is C#Cc1cccc(NCCS(=O)(=O)c2ccccc2)c1. The van der Waals surface area contributed by atoms with Crippen LogP contribution in [0, 0.1) is 12.3 Å². The number of hydrogen-bond donors (Lipinski definition) is 1. The van der Waals surface area contributed by atoms with Gasteiger partial charge < -0.3 is 5.32 Å². The molecule has 0 spiro atoms. The van der Waals surface area contributed by atoms with Gasteiger partial charge in [-0.25, -0.2) is 8.42 Å². The molecule has 0 atom stereocenters. The number of anilines is 1. The molecule has 2 rings (SSSR count). The largest absolute Gasteiger partial charge is 0.384 e. The molecule has 0 amide bonds. The fourth-order valence-electron chi connectivity index (χ4n) is 1.79. The van der Waals surface area contributed by atoms with E-state index < -0.39 is 9.84 Å². The third-order valence-electron chi connectivity index (χ3n) is 2.83. The van der Waals surface area contributed by atoms with Gasteiger partial charge in [-0.3, -0.25) is 0 Å². The summed E-state index contributed by atoms with van der Waals surface area (Å²) in [4.78, 5) is 0.346. The normalized spacial score (nSPS) is 10.8. The fraction of sp³-hybridized carbons (Fsp3) is 0.125. The molecule has 2 aromatic carbocycles. The first-order chi connectivity index (χ1) is 9.62. The van der Waals surface area contributed by atoms with Gasteiger partial charge in [-0.1, -0.05) is 30.2 Å². The van der Waals surface area contributed by atoms with Gasteiger partial charge in [-0.2, -0.15) is 0 Å². The minimum absolute atomic E-state index is 0.0390. The summed E-state index contributed by atoms with van der Waals surface area (Å²) < 4.78 is 24.1. The van der Waals surface area contributed by atoms with E-state index in [4.69, 9.17) is 6.42 Å². The Labute approximate surface area is 119 Å². The Morgan fingerprint density at radius 1 is 1.05 bits per heavy atom. The van der Waals surface area contributed by atoms with Gasteiger partial charge in [0.1, 0.15) is 0 Å². The molecule has 0 saturated carbocycles.